The van der Waals surface area contributed by atoms with E-state index in [1.54, 1.807) is 12.1 Å². The Morgan fingerprint density at radius 3 is 2.25 bits per heavy atom. The molecule has 0 unspecified atom stereocenters. The summed E-state index contributed by atoms with van der Waals surface area (Å²) in [4.78, 5) is 16.6. The Kier molecular flexibility index (Phi) is 4.84. The number of benzene rings is 2. The largest absolute Gasteiger partial charge is 0.368 e. The summed E-state index contributed by atoms with van der Waals surface area (Å²) in [5.74, 6) is -0.158. The van der Waals surface area contributed by atoms with Crippen molar-refractivity contribution in [3.63, 3.8) is 0 Å². The number of carbonyl (C=O) groups excluding carboxylic acids is 1. The third-order valence-electron chi connectivity index (χ3n) is 4.76. The molecule has 24 heavy (non-hydrogen) atoms. The lowest BCUT2D eigenvalue weighted by atomic mass is 10.1. The Labute approximate surface area is 142 Å². The Balaban J connectivity index is 1.57. The maximum absolute atomic E-state index is 12.9. The van der Waals surface area contributed by atoms with Crippen LogP contribution in [0.1, 0.15) is 16.7 Å². The molecule has 0 bridgehead atoms. The van der Waals surface area contributed by atoms with Gasteiger partial charge in [0.15, 0.2) is 0 Å². The minimum Gasteiger partial charge on any atom is -0.368 e. The maximum atomic E-state index is 12.9. The summed E-state index contributed by atoms with van der Waals surface area (Å²) >= 11 is 0. The molecule has 0 aliphatic carbocycles. The minimum atomic E-state index is -0.270. The van der Waals surface area contributed by atoms with E-state index in [0.717, 1.165) is 31.7 Å². The number of halogens is 1. The Morgan fingerprint density at radius 1 is 0.958 bits per heavy atom. The minimum absolute atomic E-state index is 0.112. The highest BCUT2D eigenvalue weighted by molar-refractivity contribution is 5.79. The van der Waals surface area contributed by atoms with Crippen LogP contribution in [-0.4, -0.2) is 37.0 Å². The van der Waals surface area contributed by atoms with Gasteiger partial charge >= 0.3 is 0 Å². The smallest absolute Gasteiger partial charge is 0.227 e. The van der Waals surface area contributed by atoms with E-state index in [0.29, 0.717) is 6.42 Å². The molecule has 3 nitrogen and oxygen atoms in total. The third-order valence-corrected chi connectivity index (χ3v) is 4.76. The highest BCUT2D eigenvalue weighted by Gasteiger charge is 2.21. The van der Waals surface area contributed by atoms with Crippen molar-refractivity contribution in [2.24, 2.45) is 0 Å². The van der Waals surface area contributed by atoms with Gasteiger partial charge in [0.1, 0.15) is 5.82 Å². The molecule has 1 aliphatic rings. The first-order chi connectivity index (χ1) is 11.5. The molecule has 0 spiro atoms. The summed E-state index contributed by atoms with van der Waals surface area (Å²) in [6, 6.07) is 12.7. The molecule has 0 N–H and O–H groups in total. The van der Waals surface area contributed by atoms with Crippen molar-refractivity contribution in [1.82, 2.24) is 4.90 Å². The van der Waals surface area contributed by atoms with Crippen molar-refractivity contribution < 1.29 is 9.18 Å². The van der Waals surface area contributed by atoms with Crippen LogP contribution < -0.4 is 4.90 Å². The monoisotopic (exact) mass is 326 g/mol. The number of anilines is 1. The lowest BCUT2D eigenvalue weighted by Gasteiger charge is -2.36. The summed E-state index contributed by atoms with van der Waals surface area (Å²) in [6.45, 7) is 7.39. The summed E-state index contributed by atoms with van der Waals surface area (Å²) in [5.41, 5.74) is 4.68. The van der Waals surface area contributed by atoms with Crippen molar-refractivity contribution in [2.45, 2.75) is 20.3 Å². The van der Waals surface area contributed by atoms with Crippen LogP contribution >= 0.6 is 0 Å². The quantitative estimate of drug-likeness (QED) is 0.864. The van der Waals surface area contributed by atoms with Gasteiger partial charge in [0.25, 0.3) is 0 Å². The van der Waals surface area contributed by atoms with Gasteiger partial charge in [0, 0.05) is 31.9 Å². The van der Waals surface area contributed by atoms with Gasteiger partial charge in [-0.1, -0.05) is 18.2 Å². The number of hydrogen-bond donors (Lipinski definition) is 0. The number of aryl methyl sites for hydroxylation is 2. The van der Waals surface area contributed by atoms with E-state index >= 15 is 0 Å². The van der Waals surface area contributed by atoms with Crippen LogP contribution in [0.4, 0.5) is 10.1 Å². The molecule has 0 atom stereocenters. The highest BCUT2D eigenvalue weighted by Crippen LogP contribution is 2.20. The fourth-order valence-electron chi connectivity index (χ4n) is 3.03. The van der Waals surface area contributed by atoms with Gasteiger partial charge in [-0.2, -0.15) is 0 Å². The number of carbonyl (C=O) groups is 1. The Morgan fingerprint density at radius 2 is 1.62 bits per heavy atom. The number of nitrogens with zero attached hydrogens (tertiary/aromatic N) is 2. The molecule has 2 aromatic carbocycles. The summed E-state index contributed by atoms with van der Waals surface area (Å²) in [7, 11) is 0. The molecule has 4 heteroatoms. The zero-order valence-electron chi connectivity index (χ0n) is 14.3. The van der Waals surface area contributed by atoms with Crippen molar-refractivity contribution in [3.8, 4) is 0 Å². The molecule has 0 aromatic heterocycles. The van der Waals surface area contributed by atoms with Gasteiger partial charge in [-0.05, 0) is 54.8 Å². The fraction of sp³-hybridized carbons (Fsp3) is 0.350. The van der Waals surface area contributed by atoms with E-state index in [1.807, 2.05) is 4.90 Å². The van der Waals surface area contributed by atoms with Gasteiger partial charge in [-0.25, -0.2) is 4.39 Å². The van der Waals surface area contributed by atoms with E-state index in [-0.39, 0.29) is 11.7 Å². The Bertz CT molecular complexity index is 719. The molecule has 3 rings (SSSR count). The lowest BCUT2D eigenvalue weighted by molar-refractivity contribution is -0.130. The molecule has 2 aromatic rings. The average molecular weight is 326 g/mol. The lowest BCUT2D eigenvalue weighted by Crippen LogP contribution is -2.49. The van der Waals surface area contributed by atoms with Gasteiger partial charge in [-0.15, -0.1) is 0 Å². The summed E-state index contributed by atoms with van der Waals surface area (Å²) in [6.07, 6.45) is 0.337. The molecule has 126 valence electrons. The predicted octanol–water partition coefficient (Wildman–Crippen LogP) is 3.33. The zero-order chi connectivity index (χ0) is 17.1. The standard InChI is InChI=1S/C20H23FN2O/c1-15-3-8-19(13-16(15)2)22-9-11-23(12-10-22)20(24)14-17-4-6-18(21)7-5-17/h3-8,13H,9-12,14H2,1-2H3. The molecule has 0 saturated carbocycles. The molecule has 1 fully saturated rings. The van der Waals surface area contributed by atoms with Crippen LogP contribution in [0.15, 0.2) is 42.5 Å². The maximum Gasteiger partial charge on any atom is 0.227 e. The molecular weight excluding hydrogens is 303 g/mol. The number of rotatable bonds is 3. The Hall–Kier alpha value is -2.36. The summed E-state index contributed by atoms with van der Waals surface area (Å²) in [5, 5.41) is 0. The predicted molar refractivity (Wildman–Crippen MR) is 94.8 cm³/mol. The highest BCUT2D eigenvalue weighted by atomic mass is 19.1. The number of hydrogen-bond acceptors (Lipinski definition) is 2. The first kappa shape index (κ1) is 16.5. The second-order valence-electron chi connectivity index (χ2n) is 6.44. The molecule has 1 amide bonds. The van der Waals surface area contributed by atoms with Crippen molar-refractivity contribution >= 4 is 11.6 Å². The average Bonchev–Trinajstić information content (AvgIpc) is 2.59. The van der Waals surface area contributed by atoms with E-state index in [4.69, 9.17) is 0 Å². The van der Waals surface area contributed by atoms with Gasteiger partial charge < -0.3 is 9.80 Å². The van der Waals surface area contributed by atoms with Crippen LogP contribution in [0.2, 0.25) is 0 Å². The zero-order valence-corrected chi connectivity index (χ0v) is 14.3. The third kappa shape index (κ3) is 3.75. The van der Waals surface area contributed by atoms with Gasteiger partial charge in [0.2, 0.25) is 5.91 Å². The van der Waals surface area contributed by atoms with E-state index < -0.39 is 0 Å². The molecular formula is C20H23FN2O. The second-order valence-corrected chi connectivity index (χ2v) is 6.44. The SMILES string of the molecule is Cc1ccc(N2CCN(C(=O)Cc3ccc(F)cc3)CC2)cc1C. The molecule has 1 saturated heterocycles. The number of amides is 1. The molecule has 0 radical (unpaired) electrons. The van der Waals surface area contributed by atoms with Crippen molar-refractivity contribution in [1.29, 1.82) is 0 Å². The van der Waals surface area contributed by atoms with E-state index in [2.05, 4.69) is 36.9 Å². The topological polar surface area (TPSA) is 23.6 Å². The van der Waals surface area contributed by atoms with Gasteiger partial charge in [-0.3, -0.25) is 4.79 Å². The first-order valence-electron chi connectivity index (χ1n) is 8.37. The van der Waals surface area contributed by atoms with E-state index in [1.165, 1.54) is 28.9 Å². The van der Waals surface area contributed by atoms with Crippen LogP contribution in [0.5, 0.6) is 0 Å². The van der Waals surface area contributed by atoms with Gasteiger partial charge in [0.05, 0.1) is 6.42 Å². The normalized spacial score (nSPS) is 14.8. The van der Waals surface area contributed by atoms with E-state index in [9.17, 15) is 9.18 Å². The second kappa shape index (κ2) is 7.04. The van der Waals surface area contributed by atoms with Crippen LogP contribution in [0.25, 0.3) is 0 Å². The van der Waals surface area contributed by atoms with Crippen molar-refractivity contribution in [2.75, 3.05) is 31.1 Å². The first-order valence-corrected chi connectivity index (χ1v) is 8.37. The fourth-order valence-corrected chi connectivity index (χ4v) is 3.03. The van der Waals surface area contributed by atoms with Crippen LogP contribution in [0.3, 0.4) is 0 Å². The number of piperazine rings is 1. The van der Waals surface area contributed by atoms with Crippen LogP contribution in [0, 0.1) is 19.7 Å². The summed E-state index contributed by atoms with van der Waals surface area (Å²) < 4.78 is 12.9. The molecule has 1 heterocycles. The van der Waals surface area contributed by atoms with Crippen molar-refractivity contribution in [3.05, 3.63) is 65.0 Å². The van der Waals surface area contributed by atoms with Crippen LogP contribution in [-0.2, 0) is 11.2 Å². The molecule has 1 aliphatic heterocycles.